The number of amides is 1. The lowest BCUT2D eigenvalue weighted by Crippen LogP contribution is -2.37. The molecule has 2 N–H and O–H groups in total. The minimum atomic E-state index is -3.22. The van der Waals surface area contributed by atoms with Crippen LogP contribution in [0, 0.1) is 6.92 Å². The number of rotatable bonds is 5. The number of carbonyl (C=O) groups is 2. The molecule has 1 aliphatic rings. The molecule has 1 amide bonds. The van der Waals surface area contributed by atoms with Crippen LogP contribution in [0.3, 0.4) is 0 Å². The van der Waals surface area contributed by atoms with Crippen molar-refractivity contribution in [2.24, 2.45) is 0 Å². The highest BCUT2D eigenvalue weighted by atomic mass is 32.2. The number of hydrogen-bond acceptors (Lipinski definition) is 7. The highest BCUT2D eigenvalue weighted by Crippen LogP contribution is 2.22. The van der Waals surface area contributed by atoms with E-state index < -0.39 is 16.0 Å². The normalized spacial score (nSPS) is 17.4. The molecule has 24 heavy (non-hydrogen) atoms. The number of nitrogens with one attached hydrogen (secondary N) is 1. The number of carbonyl (C=O) groups excluding carboxylic acids is 1. The van der Waals surface area contributed by atoms with Gasteiger partial charge in [-0.1, -0.05) is 11.3 Å². The molecule has 2 heterocycles. The number of carboxylic acid groups (broad SMARTS) is 1. The van der Waals surface area contributed by atoms with Crippen molar-refractivity contribution in [3.8, 4) is 0 Å². The molecule has 0 unspecified atom stereocenters. The topological polar surface area (TPSA) is 120 Å². The van der Waals surface area contributed by atoms with Crippen LogP contribution in [0.15, 0.2) is 0 Å². The number of anilines is 1. The maximum Gasteiger partial charge on any atom is 0.347 e. The van der Waals surface area contributed by atoms with Gasteiger partial charge in [0.1, 0.15) is 4.88 Å². The Labute approximate surface area is 144 Å². The van der Waals surface area contributed by atoms with Crippen molar-refractivity contribution in [2.45, 2.75) is 13.3 Å². The first-order valence-corrected chi connectivity index (χ1v) is 10.0. The number of aryl methyl sites for hydroxylation is 1. The Balaban J connectivity index is 1.91. The lowest BCUT2D eigenvalue weighted by atomic mass is 10.4. The number of hydrogen-bond donors (Lipinski definition) is 2. The molecular weight excluding hydrogens is 356 g/mol. The van der Waals surface area contributed by atoms with Crippen LogP contribution in [0.5, 0.6) is 0 Å². The second-order valence-corrected chi connectivity index (χ2v) is 8.56. The van der Waals surface area contributed by atoms with Crippen LogP contribution >= 0.6 is 11.3 Å². The molecule has 134 valence electrons. The summed E-state index contributed by atoms with van der Waals surface area (Å²) in [6.07, 6.45) is 1.83. The van der Waals surface area contributed by atoms with Gasteiger partial charge in [0.05, 0.1) is 18.5 Å². The highest BCUT2D eigenvalue weighted by Gasteiger charge is 2.23. The average Bonchev–Trinajstić information content (AvgIpc) is 2.67. The Morgan fingerprint density at radius 3 is 2.58 bits per heavy atom. The standard InChI is InChI=1S/C13H20N4O5S2/c1-9-11(12(19)20)23-13(14-9)15-10(18)8-16-4-3-5-17(7-6-16)24(2,21)22/h3-8H2,1-2H3,(H,19,20)(H,14,15,18). The van der Waals surface area contributed by atoms with Gasteiger partial charge in [-0.15, -0.1) is 0 Å². The molecule has 0 radical (unpaired) electrons. The van der Waals surface area contributed by atoms with E-state index in [0.29, 0.717) is 38.3 Å². The second kappa shape index (κ2) is 7.55. The number of aromatic carboxylic acids is 1. The Kier molecular flexibility index (Phi) is 5.91. The van der Waals surface area contributed by atoms with Crippen LogP contribution in [0.4, 0.5) is 5.13 Å². The van der Waals surface area contributed by atoms with E-state index in [-0.39, 0.29) is 22.5 Å². The van der Waals surface area contributed by atoms with E-state index in [9.17, 15) is 18.0 Å². The first-order valence-electron chi connectivity index (χ1n) is 7.35. The molecule has 1 saturated heterocycles. The smallest absolute Gasteiger partial charge is 0.347 e. The van der Waals surface area contributed by atoms with E-state index >= 15 is 0 Å². The summed E-state index contributed by atoms with van der Waals surface area (Å²) in [6.45, 7) is 3.58. The molecule has 0 saturated carbocycles. The Bertz CT molecular complexity index is 731. The van der Waals surface area contributed by atoms with Gasteiger partial charge in [0.15, 0.2) is 5.13 Å². The Hall–Kier alpha value is -1.56. The van der Waals surface area contributed by atoms with E-state index in [2.05, 4.69) is 10.3 Å². The van der Waals surface area contributed by atoms with Crippen LogP contribution in [-0.2, 0) is 14.8 Å². The van der Waals surface area contributed by atoms with Gasteiger partial charge in [-0.25, -0.2) is 22.5 Å². The van der Waals surface area contributed by atoms with E-state index in [1.807, 2.05) is 4.90 Å². The van der Waals surface area contributed by atoms with Crippen LogP contribution in [0.25, 0.3) is 0 Å². The summed E-state index contributed by atoms with van der Waals surface area (Å²) in [6, 6.07) is 0. The third kappa shape index (κ3) is 4.97. The fraction of sp³-hybridized carbons (Fsp3) is 0.615. The molecule has 1 fully saturated rings. The van der Waals surface area contributed by atoms with Gasteiger partial charge in [-0.3, -0.25) is 9.69 Å². The average molecular weight is 376 g/mol. The quantitative estimate of drug-likeness (QED) is 0.745. The van der Waals surface area contributed by atoms with Crippen molar-refractivity contribution >= 4 is 38.4 Å². The molecule has 2 rings (SSSR count). The van der Waals surface area contributed by atoms with Gasteiger partial charge in [0.2, 0.25) is 15.9 Å². The summed E-state index contributed by atoms with van der Waals surface area (Å²) in [5.74, 6) is -1.37. The zero-order valence-electron chi connectivity index (χ0n) is 13.5. The monoisotopic (exact) mass is 376 g/mol. The van der Waals surface area contributed by atoms with E-state index in [4.69, 9.17) is 5.11 Å². The first-order chi connectivity index (χ1) is 11.2. The van der Waals surface area contributed by atoms with Crippen molar-refractivity contribution in [3.63, 3.8) is 0 Å². The van der Waals surface area contributed by atoms with Gasteiger partial charge < -0.3 is 10.4 Å². The summed E-state index contributed by atoms with van der Waals surface area (Å²) in [5.41, 5.74) is 0.362. The molecule has 1 aromatic rings. The molecule has 0 bridgehead atoms. The maximum atomic E-state index is 12.1. The SMILES string of the molecule is Cc1nc(NC(=O)CN2CCCN(S(C)(=O)=O)CC2)sc1C(=O)O. The van der Waals surface area contributed by atoms with Crippen molar-refractivity contribution in [1.82, 2.24) is 14.2 Å². The number of aromatic nitrogens is 1. The second-order valence-electron chi connectivity index (χ2n) is 5.58. The number of sulfonamides is 1. The van der Waals surface area contributed by atoms with E-state index in [1.54, 1.807) is 6.92 Å². The van der Waals surface area contributed by atoms with Crippen molar-refractivity contribution < 1.29 is 23.1 Å². The predicted octanol–water partition coefficient (Wildman–Crippen LogP) is 0.0555. The molecule has 0 spiro atoms. The third-order valence-electron chi connectivity index (χ3n) is 3.62. The third-order valence-corrected chi connectivity index (χ3v) is 5.98. The molecule has 1 aliphatic heterocycles. The van der Waals surface area contributed by atoms with Gasteiger partial charge in [0, 0.05) is 19.6 Å². The van der Waals surface area contributed by atoms with Gasteiger partial charge in [0.25, 0.3) is 0 Å². The lowest BCUT2D eigenvalue weighted by Gasteiger charge is -2.19. The van der Waals surface area contributed by atoms with Crippen molar-refractivity contribution in [2.75, 3.05) is 44.3 Å². The number of nitrogens with zero attached hydrogens (tertiary/aromatic N) is 3. The Morgan fingerprint density at radius 2 is 2.00 bits per heavy atom. The number of thiazole rings is 1. The zero-order valence-corrected chi connectivity index (χ0v) is 15.1. The first kappa shape index (κ1) is 18.8. The van der Waals surface area contributed by atoms with Crippen molar-refractivity contribution in [3.05, 3.63) is 10.6 Å². The Morgan fingerprint density at radius 1 is 1.29 bits per heavy atom. The lowest BCUT2D eigenvalue weighted by molar-refractivity contribution is -0.117. The molecule has 9 nitrogen and oxygen atoms in total. The van der Waals surface area contributed by atoms with Crippen LogP contribution < -0.4 is 5.32 Å². The van der Waals surface area contributed by atoms with Gasteiger partial charge >= 0.3 is 5.97 Å². The summed E-state index contributed by atoms with van der Waals surface area (Å²) in [4.78, 5) is 29.1. The molecule has 1 aromatic heterocycles. The van der Waals surface area contributed by atoms with Crippen molar-refractivity contribution in [1.29, 1.82) is 0 Å². The van der Waals surface area contributed by atoms with Gasteiger partial charge in [-0.05, 0) is 19.9 Å². The molecule has 0 aromatic carbocycles. The molecule has 0 aliphatic carbocycles. The molecular formula is C13H20N4O5S2. The minimum absolute atomic E-state index is 0.101. The van der Waals surface area contributed by atoms with Gasteiger partial charge in [-0.2, -0.15) is 0 Å². The predicted molar refractivity (Wildman–Crippen MR) is 89.9 cm³/mol. The zero-order chi connectivity index (χ0) is 17.9. The van der Waals surface area contributed by atoms with Crippen LogP contribution in [0.2, 0.25) is 0 Å². The van der Waals surface area contributed by atoms with E-state index in [0.717, 1.165) is 11.3 Å². The fourth-order valence-electron chi connectivity index (χ4n) is 2.45. The highest BCUT2D eigenvalue weighted by molar-refractivity contribution is 7.88. The van der Waals surface area contributed by atoms with E-state index in [1.165, 1.54) is 10.6 Å². The molecule has 0 atom stereocenters. The largest absolute Gasteiger partial charge is 0.477 e. The summed E-state index contributed by atoms with van der Waals surface area (Å²) < 4.78 is 24.6. The summed E-state index contributed by atoms with van der Waals surface area (Å²) >= 11 is 0.917. The van der Waals surface area contributed by atoms with Crippen LogP contribution in [0.1, 0.15) is 21.8 Å². The molecule has 11 heteroatoms. The maximum absolute atomic E-state index is 12.1. The number of carboxylic acids is 1. The minimum Gasteiger partial charge on any atom is -0.477 e. The fourth-order valence-corrected chi connectivity index (χ4v) is 4.14. The van der Waals surface area contributed by atoms with Crippen LogP contribution in [-0.4, -0.2) is 78.6 Å². The summed E-state index contributed by atoms with van der Waals surface area (Å²) in [5, 5.41) is 11.8. The summed E-state index contributed by atoms with van der Waals surface area (Å²) in [7, 11) is -3.22.